The molecule has 5 nitrogen and oxygen atoms in total. The molecule has 9 aromatic rings. The monoisotopic (exact) mass is 617 g/mol. The maximum Gasteiger partial charge on any atom is 0.164 e. The first-order valence-electron chi connectivity index (χ1n) is 16.2. The third-order valence-corrected chi connectivity index (χ3v) is 9.50. The molecule has 0 fully saturated rings. The van der Waals surface area contributed by atoms with Crippen molar-refractivity contribution in [2.45, 2.75) is 12.8 Å². The van der Waals surface area contributed by atoms with Crippen LogP contribution in [0, 0.1) is 0 Å². The number of fused-ring (bicyclic) bond motifs is 7. The van der Waals surface area contributed by atoms with Crippen LogP contribution in [0.15, 0.2) is 148 Å². The lowest BCUT2D eigenvalue weighted by molar-refractivity contribution is 0.668. The number of rotatable bonds is 4. The van der Waals surface area contributed by atoms with Crippen molar-refractivity contribution in [3.05, 3.63) is 161 Å². The van der Waals surface area contributed by atoms with Gasteiger partial charge in [-0.15, -0.1) is 0 Å². The molecular formula is C43H27N3O2. The van der Waals surface area contributed by atoms with Gasteiger partial charge in [0.15, 0.2) is 17.5 Å². The van der Waals surface area contributed by atoms with Gasteiger partial charge in [-0.25, -0.2) is 15.0 Å². The van der Waals surface area contributed by atoms with Crippen LogP contribution < -0.4 is 10.4 Å². The standard InChI is InChI=1S/C43H27N3O2/c1-2-11-26(12-3-1)41-44-42(27-21-22-32-31-15-6-8-18-36(31)48-39(32)25-27)46-43(45-41)34-24-23-30(28-13-4-5-14-29(28)34)33-17-10-20-38-40(33)35-16-7-9-19-37(35)47-38/h1-22,25H,23-24H2. The van der Waals surface area contributed by atoms with Crippen LogP contribution in [0.25, 0.3) is 77.8 Å². The van der Waals surface area contributed by atoms with Gasteiger partial charge in [0, 0.05) is 38.2 Å². The van der Waals surface area contributed by atoms with Crippen molar-refractivity contribution in [3.8, 4) is 22.8 Å². The largest absolute Gasteiger partial charge is 0.456 e. The summed E-state index contributed by atoms with van der Waals surface area (Å²) >= 11 is 0. The molecule has 0 aliphatic heterocycles. The number of hydrogen-bond acceptors (Lipinski definition) is 5. The van der Waals surface area contributed by atoms with E-state index in [4.69, 9.17) is 23.8 Å². The Labute approximate surface area is 275 Å². The molecule has 5 heteroatoms. The first-order valence-corrected chi connectivity index (χ1v) is 16.2. The summed E-state index contributed by atoms with van der Waals surface area (Å²) in [6.45, 7) is 0. The van der Waals surface area contributed by atoms with Crippen molar-refractivity contribution in [2.24, 2.45) is 0 Å². The number of para-hydroxylation sites is 2. The normalized spacial score (nSPS) is 13.2. The van der Waals surface area contributed by atoms with E-state index in [0.717, 1.165) is 78.6 Å². The highest BCUT2D eigenvalue weighted by molar-refractivity contribution is 6.10. The summed E-state index contributed by atoms with van der Waals surface area (Å²) in [7, 11) is 0. The minimum absolute atomic E-state index is 0.621. The predicted molar refractivity (Wildman–Crippen MR) is 192 cm³/mol. The van der Waals surface area contributed by atoms with Gasteiger partial charge in [-0.05, 0) is 64.7 Å². The van der Waals surface area contributed by atoms with Crippen molar-refractivity contribution in [1.82, 2.24) is 15.0 Å². The predicted octanol–water partition coefficient (Wildman–Crippen LogP) is 9.20. The van der Waals surface area contributed by atoms with E-state index in [1.807, 2.05) is 66.7 Å². The average Bonchev–Trinajstić information content (AvgIpc) is 3.73. The van der Waals surface area contributed by atoms with Crippen molar-refractivity contribution in [3.63, 3.8) is 0 Å². The molecule has 0 N–H and O–H groups in total. The lowest BCUT2D eigenvalue weighted by Crippen LogP contribution is -2.33. The Morgan fingerprint density at radius 2 is 0.979 bits per heavy atom. The van der Waals surface area contributed by atoms with Crippen molar-refractivity contribution >= 4 is 55.0 Å². The molecule has 0 atom stereocenters. The quantitative estimate of drug-likeness (QED) is 0.197. The Morgan fingerprint density at radius 1 is 0.396 bits per heavy atom. The summed E-state index contributed by atoms with van der Waals surface area (Å²) in [4.78, 5) is 15.3. The Balaban J connectivity index is 1.21. The number of hydrogen-bond donors (Lipinski definition) is 0. The Hall–Kier alpha value is -6.33. The summed E-state index contributed by atoms with van der Waals surface area (Å²) in [6.07, 6.45) is 1.64. The maximum atomic E-state index is 6.26. The van der Waals surface area contributed by atoms with Crippen LogP contribution in [0.2, 0.25) is 0 Å². The number of benzene rings is 6. The van der Waals surface area contributed by atoms with Crippen LogP contribution in [-0.4, -0.2) is 15.0 Å². The molecule has 0 spiro atoms. The Bertz CT molecular complexity index is 2850. The van der Waals surface area contributed by atoms with Gasteiger partial charge in [0.05, 0.1) is 0 Å². The van der Waals surface area contributed by atoms with Crippen LogP contribution >= 0.6 is 0 Å². The zero-order chi connectivity index (χ0) is 31.6. The minimum Gasteiger partial charge on any atom is -0.456 e. The van der Waals surface area contributed by atoms with Crippen LogP contribution in [0.1, 0.15) is 24.2 Å². The Morgan fingerprint density at radius 3 is 1.81 bits per heavy atom. The smallest absolute Gasteiger partial charge is 0.164 e. The molecule has 10 rings (SSSR count). The molecule has 0 saturated carbocycles. The van der Waals surface area contributed by atoms with Gasteiger partial charge in [0.25, 0.3) is 0 Å². The van der Waals surface area contributed by atoms with Gasteiger partial charge < -0.3 is 8.83 Å². The number of nitrogens with zero attached hydrogens (tertiary/aromatic N) is 3. The molecule has 3 aromatic heterocycles. The van der Waals surface area contributed by atoms with E-state index < -0.39 is 0 Å². The second-order valence-corrected chi connectivity index (χ2v) is 12.3. The molecule has 226 valence electrons. The highest BCUT2D eigenvalue weighted by Crippen LogP contribution is 2.37. The summed E-state index contributed by atoms with van der Waals surface area (Å²) < 4.78 is 12.5. The molecule has 1 aliphatic rings. The third-order valence-electron chi connectivity index (χ3n) is 9.50. The molecule has 0 radical (unpaired) electrons. The summed E-state index contributed by atoms with van der Waals surface area (Å²) in [5.74, 6) is 1.97. The van der Waals surface area contributed by atoms with Gasteiger partial charge >= 0.3 is 0 Å². The lowest BCUT2D eigenvalue weighted by Gasteiger charge is -2.18. The van der Waals surface area contributed by atoms with Gasteiger partial charge in [-0.2, -0.15) is 0 Å². The molecule has 0 amide bonds. The molecular weight excluding hydrogens is 590 g/mol. The first-order chi connectivity index (χ1) is 23.8. The zero-order valence-corrected chi connectivity index (χ0v) is 25.9. The summed E-state index contributed by atoms with van der Waals surface area (Å²) in [6, 6.07) is 47.8. The third kappa shape index (κ3) is 4.21. The van der Waals surface area contributed by atoms with Crippen LogP contribution in [0.4, 0.5) is 0 Å². The summed E-state index contributed by atoms with van der Waals surface area (Å²) in [5.41, 5.74) is 8.96. The molecule has 3 heterocycles. The van der Waals surface area contributed by atoms with Crippen molar-refractivity contribution < 1.29 is 8.83 Å². The highest BCUT2D eigenvalue weighted by atomic mass is 16.3. The Kier molecular flexibility index (Phi) is 5.93. The van der Waals surface area contributed by atoms with Gasteiger partial charge in [-0.3, -0.25) is 0 Å². The topological polar surface area (TPSA) is 65.0 Å². The van der Waals surface area contributed by atoms with E-state index in [2.05, 4.69) is 72.8 Å². The fourth-order valence-corrected chi connectivity index (χ4v) is 7.29. The fourth-order valence-electron chi connectivity index (χ4n) is 7.29. The fraction of sp³-hybridized carbons (Fsp3) is 0.0465. The van der Waals surface area contributed by atoms with Crippen LogP contribution in [-0.2, 0) is 0 Å². The van der Waals surface area contributed by atoms with E-state index in [9.17, 15) is 0 Å². The van der Waals surface area contributed by atoms with E-state index >= 15 is 0 Å². The SMILES string of the molecule is c1ccc(-c2nc(C3=c4ccccc4=C(c4cccc5oc6ccccc6c45)CC3)nc(-c3ccc4c(c3)oc3ccccc34)n2)cc1. The zero-order valence-electron chi connectivity index (χ0n) is 25.9. The minimum atomic E-state index is 0.621. The number of aromatic nitrogens is 3. The van der Waals surface area contributed by atoms with Crippen molar-refractivity contribution in [2.75, 3.05) is 0 Å². The molecule has 0 bridgehead atoms. The first kappa shape index (κ1) is 26.8. The van der Waals surface area contributed by atoms with Gasteiger partial charge in [-0.1, -0.05) is 109 Å². The number of furan rings is 2. The maximum absolute atomic E-state index is 6.26. The molecule has 0 saturated heterocycles. The van der Waals surface area contributed by atoms with E-state index in [-0.39, 0.29) is 0 Å². The van der Waals surface area contributed by atoms with Crippen LogP contribution in [0.5, 0.6) is 0 Å². The van der Waals surface area contributed by atoms with E-state index in [0.29, 0.717) is 17.5 Å². The second kappa shape index (κ2) is 10.6. The molecule has 6 aromatic carbocycles. The van der Waals surface area contributed by atoms with Crippen LogP contribution in [0.3, 0.4) is 0 Å². The molecule has 48 heavy (non-hydrogen) atoms. The van der Waals surface area contributed by atoms with E-state index in [1.165, 1.54) is 16.4 Å². The lowest BCUT2D eigenvalue weighted by atomic mass is 9.87. The van der Waals surface area contributed by atoms with Crippen molar-refractivity contribution in [1.29, 1.82) is 0 Å². The highest BCUT2D eigenvalue weighted by Gasteiger charge is 2.22. The molecule has 1 aliphatic carbocycles. The van der Waals surface area contributed by atoms with Gasteiger partial charge in [0.2, 0.25) is 0 Å². The average molecular weight is 618 g/mol. The van der Waals surface area contributed by atoms with E-state index in [1.54, 1.807) is 0 Å². The summed E-state index contributed by atoms with van der Waals surface area (Å²) in [5, 5.41) is 6.82. The van der Waals surface area contributed by atoms with Gasteiger partial charge in [0.1, 0.15) is 22.3 Å². The second-order valence-electron chi connectivity index (χ2n) is 12.3. The molecule has 0 unspecified atom stereocenters.